The lowest BCUT2D eigenvalue weighted by Gasteiger charge is -2.10. The molecule has 0 saturated heterocycles. The van der Waals surface area contributed by atoms with Gasteiger partial charge in [0.2, 0.25) is 0 Å². The van der Waals surface area contributed by atoms with Crippen LogP contribution < -0.4 is 5.63 Å². The van der Waals surface area contributed by atoms with E-state index in [1.807, 2.05) is 0 Å². The van der Waals surface area contributed by atoms with E-state index in [1.54, 1.807) is 19.1 Å². The molecule has 0 aliphatic rings. The van der Waals surface area contributed by atoms with Crippen LogP contribution in [0.25, 0.3) is 11.0 Å². The number of carbonyl (C=O) groups is 1. The summed E-state index contributed by atoms with van der Waals surface area (Å²) in [5.74, 6) is -0.944. The van der Waals surface area contributed by atoms with E-state index in [1.165, 1.54) is 6.07 Å². The molecule has 0 bridgehead atoms. The number of aryl methyl sites for hydroxylation is 1. The highest BCUT2D eigenvalue weighted by Gasteiger charge is 2.31. The second kappa shape index (κ2) is 7.08. The van der Waals surface area contributed by atoms with Gasteiger partial charge in [-0.25, -0.2) is 9.59 Å². The zero-order valence-electron chi connectivity index (χ0n) is 13.9. The Balaban J connectivity index is 1.88. The lowest BCUT2D eigenvalue weighted by molar-refractivity contribution is -0.137. The van der Waals surface area contributed by atoms with Crippen LogP contribution in [0.4, 0.5) is 13.2 Å². The molecule has 0 amide bonds. The number of hydrogen-bond donors (Lipinski definition) is 0. The summed E-state index contributed by atoms with van der Waals surface area (Å²) >= 11 is 6.08. The molecule has 0 N–H and O–H groups in total. The maximum absolute atomic E-state index is 12.8. The molecule has 140 valence electrons. The highest BCUT2D eigenvalue weighted by atomic mass is 35.5. The minimum absolute atomic E-state index is 0.244. The van der Waals surface area contributed by atoms with Crippen molar-refractivity contribution in [3.05, 3.63) is 80.2 Å². The molecule has 0 radical (unpaired) electrons. The van der Waals surface area contributed by atoms with Crippen LogP contribution in [-0.4, -0.2) is 5.97 Å². The molecule has 3 rings (SSSR count). The first kappa shape index (κ1) is 19.0. The van der Waals surface area contributed by atoms with E-state index >= 15 is 0 Å². The summed E-state index contributed by atoms with van der Waals surface area (Å²) in [6.07, 6.45) is -4.57. The topological polar surface area (TPSA) is 56.5 Å². The molecule has 2 aromatic carbocycles. The molecule has 0 aliphatic heterocycles. The number of fused-ring (bicyclic) bond motifs is 1. The molecule has 3 aromatic rings. The average Bonchev–Trinajstić information content (AvgIpc) is 2.60. The summed E-state index contributed by atoms with van der Waals surface area (Å²) in [6.45, 7) is 1.42. The van der Waals surface area contributed by atoms with Crippen LogP contribution in [0.15, 0.2) is 51.7 Å². The van der Waals surface area contributed by atoms with Crippen molar-refractivity contribution in [2.45, 2.75) is 19.7 Å². The first-order chi connectivity index (χ1) is 12.6. The van der Waals surface area contributed by atoms with Crippen molar-refractivity contribution in [2.24, 2.45) is 0 Å². The second-order valence-corrected chi connectivity index (χ2v) is 6.25. The number of carbonyl (C=O) groups excluding carboxylic acids is 1. The van der Waals surface area contributed by atoms with E-state index in [4.69, 9.17) is 20.8 Å². The number of alkyl halides is 3. The average molecular weight is 397 g/mol. The Labute approximate surface area is 156 Å². The molecular formula is C19H12ClF3O4. The number of rotatable bonds is 3. The normalized spacial score (nSPS) is 11.6. The molecule has 4 nitrogen and oxygen atoms in total. The monoisotopic (exact) mass is 396 g/mol. The van der Waals surface area contributed by atoms with Crippen LogP contribution in [0.5, 0.6) is 0 Å². The molecule has 8 heteroatoms. The van der Waals surface area contributed by atoms with Gasteiger partial charge in [-0.1, -0.05) is 17.7 Å². The predicted molar refractivity (Wildman–Crippen MR) is 92.8 cm³/mol. The highest BCUT2D eigenvalue weighted by Crippen LogP contribution is 2.30. The zero-order chi connectivity index (χ0) is 19.8. The van der Waals surface area contributed by atoms with Crippen LogP contribution in [0.1, 0.15) is 27.0 Å². The molecule has 0 saturated carbocycles. The van der Waals surface area contributed by atoms with Crippen LogP contribution in [0.2, 0.25) is 5.02 Å². The van der Waals surface area contributed by atoms with E-state index < -0.39 is 23.3 Å². The number of ether oxygens (including phenoxy) is 1. The summed E-state index contributed by atoms with van der Waals surface area (Å²) in [4.78, 5) is 23.8. The summed E-state index contributed by atoms with van der Waals surface area (Å²) in [5, 5.41) is 0.906. The fourth-order valence-corrected chi connectivity index (χ4v) is 2.68. The number of halogens is 4. The van der Waals surface area contributed by atoms with Crippen LogP contribution >= 0.6 is 11.6 Å². The molecule has 1 heterocycles. The van der Waals surface area contributed by atoms with Crippen molar-refractivity contribution in [1.29, 1.82) is 0 Å². The molecule has 0 fully saturated rings. The lowest BCUT2D eigenvalue weighted by Crippen LogP contribution is -2.10. The molecule has 0 atom stereocenters. The Hall–Kier alpha value is -2.80. The third-order valence-corrected chi connectivity index (χ3v) is 4.30. The number of benzene rings is 2. The Kier molecular flexibility index (Phi) is 4.97. The van der Waals surface area contributed by atoms with Gasteiger partial charge < -0.3 is 9.15 Å². The predicted octanol–water partition coefficient (Wildman–Crippen LogP) is 5.13. The third-order valence-electron chi connectivity index (χ3n) is 3.89. The first-order valence-corrected chi connectivity index (χ1v) is 8.10. The van der Waals surface area contributed by atoms with Gasteiger partial charge in [0.15, 0.2) is 0 Å². The minimum Gasteiger partial charge on any atom is -0.457 e. The van der Waals surface area contributed by atoms with Crippen molar-refractivity contribution in [2.75, 3.05) is 0 Å². The molecule has 0 unspecified atom stereocenters. The van der Waals surface area contributed by atoms with Crippen molar-refractivity contribution in [3.8, 4) is 0 Å². The van der Waals surface area contributed by atoms with E-state index in [9.17, 15) is 22.8 Å². The van der Waals surface area contributed by atoms with Gasteiger partial charge in [-0.2, -0.15) is 13.2 Å². The zero-order valence-corrected chi connectivity index (χ0v) is 14.6. The summed E-state index contributed by atoms with van der Waals surface area (Å²) in [7, 11) is 0. The number of hydrogen-bond acceptors (Lipinski definition) is 4. The van der Waals surface area contributed by atoms with Gasteiger partial charge in [0.1, 0.15) is 12.2 Å². The van der Waals surface area contributed by atoms with Gasteiger partial charge in [0, 0.05) is 22.0 Å². The SMILES string of the molecule is Cc1cc2oc(=O)cc(COC(=O)c3cccc(C(F)(F)F)c3)c2cc1Cl. The highest BCUT2D eigenvalue weighted by molar-refractivity contribution is 6.32. The smallest absolute Gasteiger partial charge is 0.416 e. The van der Waals surface area contributed by atoms with Crippen LogP contribution in [0.3, 0.4) is 0 Å². The van der Waals surface area contributed by atoms with Gasteiger partial charge in [0.25, 0.3) is 0 Å². The Morgan fingerprint density at radius 2 is 1.93 bits per heavy atom. The van der Waals surface area contributed by atoms with Crippen molar-refractivity contribution >= 4 is 28.5 Å². The Morgan fingerprint density at radius 3 is 2.63 bits per heavy atom. The fraction of sp³-hybridized carbons (Fsp3) is 0.158. The number of esters is 1. The van der Waals surface area contributed by atoms with E-state index in [-0.39, 0.29) is 17.8 Å². The van der Waals surface area contributed by atoms with Gasteiger partial charge in [0.05, 0.1) is 11.1 Å². The molecule has 1 aromatic heterocycles. The van der Waals surface area contributed by atoms with Gasteiger partial charge in [-0.15, -0.1) is 0 Å². The van der Waals surface area contributed by atoms with Crippen molar-refractivity contribution in [3.63, 3.8) is 0 Å². The maximum Gasteiger partial charge on any atom is 0.416 e. The first-order valence-electron chi connectivity index (χ1n) is 7.72. The summed E-state index contributed by atoms with van der Waals surface area (Å²) in [6, 6.07) is 8.20. The van der Waals surface area contributed by atoms with Gasteiger partial charge in [-0.3, -0.25) is 0 Å². The second-order valence-electron chi connectivity index (χ2n) is 5.84. The summed E-state index contributed by atoms with van der Waals surface area (Å²) in [5.41, 5.74) is -0.534. The molecular weight excluding hydrogens is 385 g/mol. The van der Waals surface area contributed by atoms with Crippen molar-refractivity contribution in [1.82, 2.24) is 0 Å². The Morgan fingerprint density at radius 1 is 1.19 bits per heavy atom. The fourth-order valence-electron chi connectivity index (χ4n) is 2.52. The standard InChI is InChI=1S/C19H12ClF3O4/c1-10-5-16-14(8-15(10)20)12(7-17(24)27-16)9-26-18(25)11-3-2-4-13(6-11)19(21,22)23/h2-8H,9H2,1H3. The summed E-state index contributed by atoms with van der Waals surface area (Å²) < 4.78 is 48.5. The maximum atomic E-state index is 12.8. The third kappa shape index (κ3) is 4.14. The largest absolute Gasteiger partial charge is 0.457 e. The molecule has 27 heavy (non-hydrogen) atoms. The van der Waals surface area contributed by atoms with Gasteiger partial charge >= 0.3 is 17.8 Å². The van der Waals surface area contributed by atoms with Gasteiger partial charge in [-0.05, 0) is 42.8 Å². The van der Waals surface area contributed by atoms with Crippen LogP contribution in [0, 0.1) is 6.92 Å². The van der Waals surface area contributed by atoms with E-state index in [2.05, 4.69) is 0 Å². The quantitative estimate of drug-likeness (QED) is 0.455. The van der Waals surface area contributed by atoms with Crippen LogP contribution in [-0.2, 0) is 17.5 Å². The Bertz CT molecular complexity index is 1090. The minimum atomic E-state index is -4.57. The lowest BCUT2D eigenvalue weighted by atomic mass is 10.1. The van der Waals surface area contributed by atoms with E-state index in [0.717, 1.165) is 18.2 Å². The molecule has 0 aliphatic carbocycles. The van der Waals surface area contributed by atoms with Crippen molar-refractivity contribution < 1.29 is 27.1 Å². The van der Waals surface area contributed by atoms with E-state index in [0.29, 0.717) is 27.6 Å². The molecule has 0 spiro atoms.